The van der Waals surface area contributed by atoms with E-state index in [2.05, 4.69) is 11.5 Å². The van der Waals surface area contributed by atoms with Gasteiger partial charge in [0, 0.05) is 11.6 Å². The van der Waals surface area contributed by atoms with E-state index in [9.17, 15) is 4.79 Å². The smallest absolute Gasteiger partial charge is 0.429 e. The number of carbonyl (C=O) groups is 1. The van der Waals surface area contributed by atoms with Gasteiger partial charge in [0.05, 0.1) is 6.54 Å². The van der Waals surface area contributed by atoms with Crippen LogP contribution in [0.1, 0.15) is 27.2 Å². The second-order valence-corrected chi connectivity index (χ2v) is 5.19. The minimum Gasteiger partial charge on any atom is -0.442 e. The highest BCUT2D eigenvalue weighted by Gasteiger charge is 2.32. The first-order valence-corrected chi connectivity index (χ1v) is 5.59. The number of allylic oxidation sites excluding steroid dienone is 3. The summed E-state index contributed by atoms with van der Waals surface area (Å²) < 4.78 is 5.30. The number of fused-ring (bicyclic) bond motifs is 1. The van der Waals surface area contributed by atoms with Gasteiger partial charge in [-0.2, -0.15) is 0 Å². The molecule has 1 N–H and O–H groups in total. The van der Waals surface area contributed by atoms with E-state index in [4.69, 9.17) is 4.74 Å². The van der Waals surface area contributed by atoms with Gasteiger partial charge in [0.25, 0.3) is 0 Å². The SMILES string of the molecule is CC(C)(C)OC(=O)N1CC2CC=CC=C2N1. The Morgan fingerprint density at radius 3 is 2.94 bits per heavy atom. The molecule has 2 rings (SSSR count). The molecule has 1 heterocycles. The predicted molar refractivity (Wildman–Crippen MR) is 61.4 cm³/mol. The van der Waals surface area contributed by atoms with Gasteiger partial charge >= 0.3 is 6.09 Å². The van der Waals surface area contributed by atoms with Crippen LogP contribution in [-0.4, -0.2) is 23.2 Å². The Kier molecular flexibility index (Phi) is 2.66. The molecule has 2 aliphatic rings. The lowest BCUT2D eigenvalue weighted by Gasteiger charge is -2.24. The van der Waals surface area contributed by atoms with Crippen molar-refractivity contribution in [1.82, 2.24) is 10.4 Å². The van der Waals surface area contributed by atoms with E-state index < -0.39 is 5.60 Å². The molecular weight excluding hydrogens is 204 g/mol. The van der Waals surface area contributed by atoms with Gasteiger partial charge in [-0.1, -0.05) is 12.2 Å². The van der Waals surface area contributed by atoms with Crippen LogP contribution in [0.25, 0.3) is 0 Å². The van der Waals surface area contributed by atoms with Crippen LogP contribution in [0.5, 0.6) is 0 Å². The Labute approximate surface area is 95.9 Å². The van der Waals surface area contributed by atoms with Gasteiger partial charge in [-0.05, 0) is 33.3 Å². The maximum atomic E-state index is 11.8. The predicted octanol–water partition coefficient (Wildman–Crippen LogP) is 2.20. The molecule has 1 amide bonds. The van der Waals surface area contributed by atoms with Crippen molar-refractivity contribution in [2.24, 2.45) is 5.92 Å². The molecule has 88 valence electrons. The zero-order valence-corrected chi connectivity index (χ0v) is 9.99. The van der Waals surface area contributed by atoms with Gasteiger partial charge in [-0.3, -0.25) is 5.43 Å². The van der Waals surface area contributed by atoms with Crippen LogP contribution in [0.2, 0.25) is 0 Å². The fourth-order valence-electron chi connectivity index (χ4n) is 1.84. The standard InChI is InChI=1S/C12H18N2O2/c1-12(2,3)16-11(15)14-8-9-6-4-5-7-10(9)13-14/h4-5,7,9,13H,6,8H2,1-3H3. The molecule has 1 aliphatic carbocycles. The summed E-state index contributed by atoms with van der Waals surface area (Å²) in [7, 11) is 0. The van der Waals surface area contributed by atoms with Crippen LogP contribution in [0, 0.1) is 5.92 Å². The molecule has 0 aromatic heterocycles. The quantitative estimate of drug-likeness (QED) is 0.683. The van der Waals surface area contributed by atoms with Crippen molar-refractivity contribution in [3.05, 3.63) is 23.9 Å². The lowest BCUT2D eigenvalue weighted by molar-refractivity contribution is 0.0213. The number of amides is 1. The zero-order valence-electron chi connectivity index (χ0n) is 9.99. The summed E-state index contributed by atoms with van der Waals surface area (Å²) in [6, 6.07) is 0. The van der Waals surface area contributed by atoms with E-state index in [1.807, 2.05) is 32.9 Å². The van der Waals surface area contributed by atoms with Crippen LogP contribution in [0.3, 0.4) is 0 Å². The molecule has 0 saturated carbocycles. The molecule has 1 fully saturated rings. The highest BCUT2D eigenvalue weighted by Crippen LogP contribution is 2.25. The van der Waals surface area contributed by atoms with Crippen molar-refractivity contribution < 1.29 is 9.53 Å². The van der Waals surface area contributed by atoms with E-state index >= 15 is 0 Å². The molecule has 4 heteroatoms. The van der Waals surface area contributed by atoms with Crippen molar-refractivity contribution in [1.29, 1.82) is 0 Å². The summed E-state index contributed by atoms with van der Waals surface area (Å²) in [6.07, 6.45) is 6.82. The molecule has 1 atom stereocenters. The summed E-state index contributed by atoms with van der Waals surface area (Å²) in [6.45, 7) is 6.30. The number of hydrogen-bond donors (Lipinski definition) is 1. The van der Waals surface area contributed by atoms with Crippen molar-refractivity contribution in [2.45, 2.75) is 32.8 Å². The van der Waals surface area contributed by atoms with E-state index in [0.29, 0.717) is 12.5 Å². The molecule has 0 bridgehead atoms. The van der Waals surface area contributed by atoms with E-state index in [-0.39, 0.29) is 6.09 Å². The highest BCUT2D eigenvalue weighted by molar-refractivity contribution is 5.68. The highest BCUT2D eigenvalue weighted by atomic mass is 16.6. The Morgan fingerprint density at radius 1 is 1.56 bits per heavy atom. The lowest BCUT2D eigenvalue weighted by Crippen LogP contribution is -2.40. The molecule has 0 aromatic rings. The van der Waals surface area contributed by atoms with Gasteiger partial charge in [-0.25, -0.2) is 9.80 Å². The third-order valence-corrected chi connectivity index (χ3v) is 2.55. The lowest BCUT2D eigenvalue weighted by atomic mass is 9.99. The van der Waals surface area contributed by atoms with Gasteiger partial charge in [0.1, 0.15) is 5.60 Å². The first-order chi connectivity index (χ1) is 7.46. The molecule has 16 heavy (non-hydrogen) atoms. The van der Waals surface area contributed by atoms with Crippen LogP contribution >= 0.6 is 0 Å². The topological polar surface area (TPSA) is 41.6 Å². The summed E-state index contributed by atoms with van der Waals surface area (Å²) in [4.78, 5) is 11.8. The minimum atomic E-state index is -0.445. The van der Waals surface area contributed by atoms with E-state index in [1.54, 1.807) is 5.01 Å². The summed E-state index contributed by atoms with van der Waals surface area (Å²) in [5.41, 5.74) is 3.74. The van der Waals surface area contributed by atoms with Crippen LogP contribution in [0.15, 0.2) is 23.9 Å². The van der Waals surface area contributed by atoms with Gasteiger partial charge in [-0.15, -0.1) is 0 Å². The van der Waals surface area contributed by atoms with E-state index in [1.165, 1.54) is 0 Å². The fraction of sp³-hybridized carbons (Fsp3) is 0.583. The van der Waals surface area contributed by atoms with Gasteiger partial charge in [0.15, 0.2) is 0 Å². The maximum absolute atomic E-state index is 11.8. The van der Waals surface area contributed by atoms with Crippen molar-refractivity contribution in [3.63, 3.8) is 0 Å². The van der Waals surface area contributed by atoms with Crippen LogP contribution in [-0.2, 0) is 4.74 Å². The van der Waals surface area contributed by atoms with Crippen LogP contribution < -0.4 is 5.43 Å². The normalized spacial score (nSPS) is 23.6. The Balaban J connectivity index is 1.97. The molecule has 0 radical (unpaired) electrons. The molecule has 1 aliphatic heterocycles. The largest absolute Gasteiger partial charge is 0.442 e. The number of nitrogens with one attached hydrogen (secondary N) is 1. The molecule has 4 nitrogen and oxygen atoms in total. The molecule has 1 unspecified atom stereocenters. The average Bonchev–Trinajstić information content (AvgIpc) is 2.58. The molecule has 0 aromatic carbocycles. The Bertz CT molecular complexity index is 353. The number of hydrogen-bond acceptors (Lipinski definition) is 3. The third kappa shape index (κ3) is 2.38. The van der Waals surface area contributed by atoms with E-state index in [0.717, 1.165) is 12.1 Å². The summed E-state index contributed by atoms with van der Waals surface area (Å²) in [5.74, 6) is 0.400. The summed E-state index contributed by atoms with van der Waals surface area (Å²) >= 11 is 0. The minimum absolute atomic E-state index is 0.303. The number of hydrazine groups is 1. The second-order valence-electron chi connectivity index (χ2n) is 5.19. The average molecular weight is 222 g/mol. The van der Waals surface area contributed by atoms with Crippen molar-refractivity contribution in [3.8, 4) is 0 Å². The first-order valence-electron chi connectivity index (χ1n) is 5.59. The summed E-state index contributed by atoms with van der Waals surface area (Å²) in [5, 5.41) is 1.55. The number of rotatable bonds is 0. The Hall–Kier alpha value is -1.45. The zero-order chi connectivity index (χ0) is 11.8. The van der Waals surface area contributed by atoms with Gasteiger partial charge in [0.2, 0.25) is 0 Å². The number of nitrogens with zero attached hydrogens (tertiary/aromatic N) is 1. The molecule has 0 spiro atoms. The molecular formula is C12H18N2O2. The number of ether oxygens (including phenoxy) is 1. The second kappa shape index (κ2) is 3.85. The van der Waals surface area contributed by atoms with Crippen molar-refractivity contribution in [2.75, 3.05) is 6.54 Å². The van der Waals surface area contributed by atoms with Crippen LogP contribution in [0.4, 0.5) is 4.79 Å². The first kappa shape index (κ1) is 11.0. The monoisotopic (exact) mass is 222 g/mol. The Morgan fingerprint density at radius 2 is 2.31 bits per heavy atom. The van der Waals surface area contributed by atoms with Crippen molar-refractivity contribution >= 4 is 6.09 Å². The third-order valence-electron chi connectivity index (χ3n) is 2.55. The number of carbonyl (C=O) groups excluding carboxylic acids is 1. The fourth-order valence-corrected chi connectivity index (χ4v) is 1.84. The van der Waals surface area contributed by atoms with Gasteiger partial charge < -0.3 is 4.74 Å². The molecule has 1 saturated heterocycles. The maximum Gasteiger partial charge on any atom is 0.429 e.